The molecule has 0 fully saturated rings. The number of nitrogens with zero attached hydrogens (tertiary/aromatic N) is 3. The second kappa shape index (κ2) is 7.44. The molecule has 0 radical (unpaired) electrons. The number of imidazole rings is 1. The first kappa shape index (κ1) is 18.2. The average molecular weight is 398 g/mol. The van der Waals surface area contributed by atoms with E-state index < -0.39 is 5.97 Å². The van der Waals surface area contributed by atoms with E-state index in [1.54, 1.807) is 53.2 Å². The Labute approximate surface area is 165 Å². The van der Waals surface area contributed by atoms with Crippen molar-refractivity contribution in [3.05, 3.63) is 70.6 Å². The molecule has 142 valence electrons. The zero-order chi connectivity index (χ0) is 19.7. The Bertz CT molecular complexity index is 1090. The van der Waals surface area contributed by atoms with E-state index in [4.69, 9.17) is 16.3 Å². The lowest BCUT2D eigenvalue weighted by atomic mass is 9.98. The van der Waals surface area contributed by atoms with Crippen molar-refractivity contribution in [3.8, 4) is 0 Å². The van der Waals surface area contributed by atoms with Gasteiger partial charge in [0.15, 0.2) is 0 Å². The largest absolute Gasteiger partial charge is 0.459 e. The van der Waals surface area contributed by atoms with Gasteiger partial charge in [-0.15, -0.1) is 0 Å². The van der Waals surface area contributed by atoms with Crippen LogP contribution in [-0.2, 0) is 27.4 Å². The number of hydrogen-bond acceptors (Lipinski definition) is 5. The highest BCUT2D eigenvalue weighted by Crippen LogP contribution is 2.20. The molecule has 0 N–H and O–H groups in total. The van der Waals surface area contributed by atoms with Gasteiger partial charge >= 0.3 is 5.97 Å². The summed E-state index contributed by atoms with van der Waals surface area (Å²) in [4.78, 5) is 42.2. The van der Waals surface area contributed by atoms with E-state index in [2.05, 4.69) is 4.98 Å². The smallest absolute Gasteiger partial charge is 0.307 e. The molecule has 0 saturated carbocycles. The van der Waals surface area contributed by atoms with Gasteiger partial charge in [-0.25, -0.2) is 4.98 Å². The van der Waals surface area contributed by atoms with Gasteiger partial charge < -0.3 is 9.14 Å². The van der Waals surface area contributed by atoms with Crippen LogP contribution in [0.4, 0.5) is 0 Å². The van der Waals surface area contributed by atoms with Crippen molar-refractivity contribution in [2.75, 3.05) is 6.54 Å². The van der Waals surface area contributed by atoms with Crippen molar-refractivity contribution in [1.29, 1.82) is 0 Å². The predicted molar refractivity (Wildman–Crippen MR) is 101 cm³/mol. The number of ether oxygens (including phenoxy) is 1. The van der Waals surface area contributed by atoms with E-state index in [0.29, 0.717) is 27.5 Å². The van der Waals surface area contributed by atoms with Crippen LogP contribution in [0.1, 0.15) is 28.0 Å². The predicted octanol–water partition coefficient (Wildman–Crippen LogP) is 2.65. The van der Waals surface area contributed by atoms with Crippen LogP contribution in [0.25, 0.3) is 5.65 Å². The normalized spacial score (nSPS) is 13.7. The van der Waals surface area contributed by atoms with Crippen LogP contribution in [0.3, 0.4) is 0 Å². The molecule has 0 saturated heterocycles. The SMILES string of the molecule is O=C(CCN1C(=O)Cc2ccccc2C1=O)OCc1cn2cc(Cl)ccc2n1. The van der Waals surface area contributed by atoms with Gasteiger partial charge in [-0.05, 0) is 23.8 Å². The van der Waals surface area contributed by atoms with E-state index in [1.165, 1.54) is 0 Å². The fraction of sp³-hybridized carbons (Fsp3) is 0.200. The number of fused-ring (bicyclic) bond motifs is 2. The molecule has 0 bridgehead atoms. The summed E-state index contributed by atoms with van der Waals surface area (Å²) >= 11 is 5.93. The molecule has 3 heterocycles. The van der Waals surface area contributed by atoms with E-state index in [0.717, 1.165) is 4.90 Å². The lowest BCUT2D eigenvalue weighted by Gasteiger charge is -2.26. The van der Waals surface area contributed by atoms with Gasteiger partial charge in [-0.3, -0.25) is 19.3 Å². The lowest BCUT2D eigenvalue weighted by Crippen LogP contribution is -2.43. The molecule has 8 heteroatoms. The fourth-order valence-corrected chi connectivity index (χ4v) is 3.31. The summed E-state index contributed by atoms with van der Waals surface area (Å²) in [6, 6.07) is 10.5. The highest BCUT2D eigenvalue weighted by molar-refractivity contribution is 6.30. The van der Waals surface area contributed by atoms with Crippen molar-refractivity contribution in [3.63, 3.8) is 0 Å². The van der Waals surface area contributed by atoms with Crippen molar-refractivity contribution >= 4 is 35.0 Å². The average Bonchev–Trinajstić information content (AvgIpc) is 3.08. The van der Waals surface area contributed by atoms with Gasteiger partial charge in [0.25, 0.3) is 5.91 Å². The lowest BCUT2D eigenvalue weighted by molar-refractivity contribution is -0.145. The van der Waals surface area contributed by atoms with E-state index >= 15 is 0 Å². The molecule has 0 atom stereocenters. The van der Waals surface area contributed by atoms with Gasteiger partial charge in [0.1, 0.15) is 12.3 Å². The highest BCUT2D eigenvalue weighted by atomic mass is 35.5. The number of halogens is 1. The van der Waals surface area contributed by atoms with E-state index in [9.17, 15) is 14.4 Å². The van der Waals surface area contributed by atoms with Crippen LogP contribution < -0.4 is 0 Å². The van der Waals surface area contributed by atoms with Crippen molar-refractivity contribution in [1.82, 2.24) is 14.3 Å². The quantitative estimate of drug-likeness (QED) is 0.488. The second-order valence-corrected chi connectivity index (χ2v) is 6.88. The zero-order valence-corrected chi connectivity index (χ0v) is 15.6. The van der Waals surface area contributed by atoms with Crippen LogP contribution in [0.15, 0.2) is 48.8 Å². The third-order valence-electron chi connectivity index (χ3n) is 4.52. The minimum absolute atomic E-state index is 0.00284. The number of carbonyl (C=O) groups is 3. The summed E-state index contributed by atoms with van der Waals surface area (Å²) in [6.07, 6.45) is 3.52. The second-order valence-electron chi connectivity index (χ2n) is 6.44. The minimum atomic E-state index is -0.505. The zero-order valence-electron chi connectivity index (χ0n) is 14.8. The molecular weight excluding hydrogens is 382 g/mol. The van der Waals surface area contributed by atoms with Gasteiger partial charge in [0, 0.05) is 24.5 Å². The van der Waals surface area contributed by atoms with Crippen LogP contribution in [0.5, 0.6) is 0 Å². The van der Waals surface area contributed by atoms with E-state index in [1.807, 2.05) is 0 Å². The Morgan fingerprint density at radius 1 is 1.14 bits per heavy atom. The minimum Gasteiger partial charge on any atom is -0.459 e. The topological polar surface area (TPSA) is 81.0 Å². The molecule has 0 spiro atoms. The molecule has 2 amide bonds. The molecule has 1 aromatic carbocycles. The van der Waals surface area contributed by atoms with Gasteiger partial charge in [-0.2, -0.15) is 0 Å². The number of carbonyl (C=O) groups excluding carboxylic acids is 3. The van der Waals surface area contributed by atoms with Crippen LogP contribution >= 0.6 is 11.6 Å². The molecule has 4 rings (SSSR count). The Morgan fingerprint density at radius 3 is 2.82 bits per heavy atom. The fourth-order valence-electron chi connectivity index (χ4n) is 3.14. The molecule has 7 nitrogen and oxygen atoms in total. The van der Waals surface area contributed by atoms with E-state index in [-0.39, 0.29) is 37.8 Å². The number of benzene rings is 1. The number of esters is 1. The molecule has 1 aliphatic heterocycles. The maximum absolute atomic E-state index is 12.5. The first-order valence-corrected chi connectivity index (χ1v) is 9.10. The molecule has 28 heavy (non-hydrogen) atoms. The summed E-state index contributed by atoms with van der Waals surface area (Å²) in [6.45, 7) is -0.00549. The number of rotatable bonds is 5. The maximum atomic E-state index is 12.5. The van der Waals surface area contributed by atoms with Crippen molar-refractivity contribution in [2.24, 2.45) is 0 Å². The molecule has 0 aliphatic carbocycles. The number of amides is 2. The summed E-state index contributed by atoms with van der Waals surface area (Å²) < 4.78 is 6.97. The first-order chi connectivity index (χ1) is 13.5. The third-order valence-corrected chi connectivity index (χ3v) is 4.74. The Hall–Kier alpha value is -3.19. The van der Waals surface area contributed by atoms with Gasteiger partial charge in [0.2, 0.25) is 5.91 Å². The summed E-state index contributed by atoms with van der Waals surface area (Å²) in [5.41, 5.74) is 2.48. The molecule has 1 aliphatic rings. The van der Waals surface area contributed by atoms with Crippen LogP contribution in [-0.4, -0.2) is 38.6 Å². The third kappa shape index (κ3) is 3.61. The molecule has 2 aromatic heterocycles. The first-order valence-electron chi connectivity index (χ1n) is 8.72. The number of pyridine rings is 1. The number of aromatic nitrogens is 2. The molecule has 3 aromatic rings. The molecular formula is C20H16ClN3O4. The van der Waals surface area contributed by atoms with Gasteiger partial charge in [-0.1, -0.05) is 29.8 Å². The van der Waals surface area contributed by atoms with Crippen LogP contribution in [0.2, 0.25) is 5.02 Å². The highest BCUT2D eigenvalue weighted by Gasteiger charge is 2.30. The summed E-state index contributed by atoms with van der Waals surface area (Å²) in [5, 5.41) is 0.575. The number of imide groups is 1. The monoisotopic (exact) mass is 397 g/mol. The number of hydrogen-bond donors (Lipinski definition) is 0. The van der Waals surface area contributed by atoms with Crippen molar-refractivity contribution < 1.29 is 19.1 Å². The molecule has 0 unspecified atom stereocenters. The van der Waals surface area contributed by atoms with Gasteiger partial charge in [0.05, 0.1) is 23.6 Å². The standard InChI is InChI=1S/C20H16ClN3O4/c21-14-5-6-17-22-15(11-23(17)10-14)12-28-19(26)7-8-24-18(25)9-13-3-1-2-4-16(13)20(24)27/h1-6,10-11H,7-9,12H2. The summed E-state index contributed by atoms with van der Waals surface area (Å²) in [5.74, 6) is -1.19. The van der Waals surface area contributed by atoms with Crippen LogP contribution in [0, 0.1) is 0 Å². The summed E-state index contributed by atoms with van der Waals surface area (Å²) in [7, 11) is 0. The Balaban J connectivity index is 1.34. The Morgan fingerprint density at radius 2 is 1.96 bits per heavy atom. The maximum Gasteiger partial charge on any atom is 0.307 e. The Kier molecular flexibility index (Phi) is 4.83. The van der Waals surface area contributed by atoms with Crippen molar-refractivity contribution in [2.45, 2.75) is 19.4 Å².